The number of ether oxygens (including phenoxy) is 2. The van der Waals surface area contributed by atoms with Gasteiger partial charge in [-0.2, -0.15) is 0 Å². The van der Waals surface area contributed by atoms with E-state index in [1.165, 1.54) is 17.3 Å². The number of hydrogen-bond acceptors (Lipinski definition) is 6. The van der Waals surface area contributed by atoms with Crippen molar-refractivity contribution in [3.8, 4) is 17.2 Å². The van der Waals surface area contributed by atoms with E-state index in [1.54, 1.807) is 0 Å². The third kappa shape index (κ3) is 4.07. The van der Waals surface area contributed by atoms with E-state index in [0.717, 1.165) is 53.1 Å². The minimum absolute atomic E-state index is 0.0651. The monoisotopic (exact) mass is 450 g/mol. The number of hydrogen-bond donors (Lipinski definition) is 0. The fourth-order valence-corrected chi connectivity index (χ4v) is 5.27. The minimum atomic E-state index is 0.0651. The zero-order chi connectivity index (χ0) is 22.1. The summed E-state index contributed by atoms with van der Waals surface area (Å²) in [5.74, 6) is 2.79. The molecule has 2 aromatic carbocycles. The fourth-order valence-electron chi connectivity index (χ4n) is 4.39. The van der Waals surface area contributed by atoms with E-state index in [2.05, 4.69) is 35.3 Å². The van der Waals surface area contributed by atoms with Crippen LogP contribution >= 0.6 is 11.8 Å². The van der Waals surface area contributed by atoms with E-state index in [9.17, 15) is 4.79 Å². The van der Waals surface area contributed by atoms with E-state index in [4.69, 9.17) is 9.47 Å². The van der Waals surface area contributed by atoms with Crippen molar-refractivity contribution in [2.45, 2.75) is 37.9 Å². The zero-order valence-electron chi connectivity index (χ0n) is 18.3. The van der Waals surface area contributed by atoms with Crippen LogP contribution in [0.1, 0.15) is 35.8 Å². The van der Waals surface area contributed by atoms with Gasteiger partial charge in [0.2, 0.25) is 5.91 Å². The number of carbonyl (C=O) groups excluding carboxylic acids is 1. The molecule has 1 saturated heterocycles. The van der Waals surface area contributed by atoms with Gasteiger partial charge < -0.3 is 14.4 Å². The highest BCUT2D eigenvalue weighted by Crippen LogP contribution is 2.38. The molecule has 8 heteroatoms. The summed E-state index contributed by atoms with van der Waals surface area (Å²) in [6, 6.07) is 14.3. The summed E-state index contributed by atoms with van der Waals surface area (Å²) in [7, 11) is 0. The van der Waals surface area contributed by atoms with Crippen LogP contribution in [0.4, 0.5) is 0 Å². The van der Waals surface area contributed by atoms with Crippen LogP contribution in [0.15, 0.2) is 47.6 Å². The third-order valence-electron chi connectivity index (χ3n) is 5.90. The van der Waals surface area contributed by atoms with Crippen LogP contribution in [0, 0.1) is 13.8 Å². The van der Waals surface area contributed by atoms with Gasteiger partial charge in [0.25, 0.3) is 0 Å². The maximum absolute atomic E-state index is 13.2. The van der Waals surface area contributed by atoms with Crippen LogP contribution in [0.3, 0.4) is 0 Å². The Hall–Kier alpha value is -3.00. The Labute approximate surface area is 191 Å². The summed E-state index contributed by atoms with van der Waals surface area (Å²) in [6.07, 6.45) is 1.95. The molecule has 0 radical (unpaired) electrons. The number of aryl methyl sites for hydroxylation is 2. The molecular weight excluding hydrogens is 424 g/mol. The van der Waals surface area contributed by atoms with Crippen molar-refractivity contribution in [2.75, 3.05) is 25.5 Å². The van der Waals surface area contributed by atoms with E-state index < -0.39 is 0 Å². The van der Waals surface area contributed by atoms with Gasteiger partial charge in [0, 0.05) is 12.2 Å². The first kappa shape index (κ1) is 20.9. The number of likely N-dealkylation sites (tertiary alicyclic amines) is 1. The second-order valence-electron chi connectivity index (χ2n) is 8.14. The highest BCUT2D eigenvalue weighted by Gasteiger charge is 2.31. The van der Waals surface area contributed by atoms with Crippen LogP contribution in [-0.4, -0.2) is 51.1 Å². The molecule has 32 heavy (non-hydrogen) atoms. The molecule has 3 heterocycles. The van der Waals surface area contributed by atoms with Crippen molar-refractivity contribution in [1.29, 1.82) is 0 Å². The van der Waals surface area contributed by atoms with Crippen molar-refractivity contribution in [2.24, 2.45) is 0 Å². The van der Waals surface area contributed by atoms with Crippen molar-refractivity contribution in [3.05, 3.63) is 59.4 Å². The van der Waals surface area contributed by atoms with Crippen molar-refractivity contribution in [3.63, 3.8) is 0 Å². The summed E-state index contributed by atoms with van der Waals surface area (Å²) in [4.78, 5) is 15.2. The summed E-state index contributed by atoms with van der Waals surface area (Å²) in [5, 5.41) is 9.30. The van der Waals surface area contributed by atoms with Crippen LogP contribution in [0.25, 0.3) is 5.69 Å². The minimum Gasteiger partial charge on any atom is -0.486 e. The lowest BCUT2D eigenvalue weighted by molar-refractivity contribution is -0.129. The van der Waals surface area contributed by atoms with Gasteiger partial charge in [-0.05, 0) is 62.1 Å². The largest absolute Gasteiger partial charge is 0.486 e. The van der Waals surface area contributed by atoms with Gasteiger partial charge in [0.15, 0.2) is 16.7 Å². The van der Waals surface area contributed by atoms with Crippen molar-refractivity contribution >= 4 is 17.7 Å². The maximum atomic E-state index is 13.2. The number of thioether (sulfide) groups is 1. The number of nitrogens with zero attached hydrogens (tertiary/aromatic N) is 4. The summed E-state index contributed by atoms with van der Waals surface area (Å²) < 4.78 is 13.4. The Morgan fingerprint density at radius 2 is 1.94 bits per heavy atom. The summed E-state index contributed by atoms with van der Waals surface area (Å²) >= 11 is 1.44. The van der Waals surface area contributed by atoms with Gasteiger partial charge in [-0.3, -0.25) is 9.36 Å². The summed E-state index contributed by atoms with van der Waals surface area (Å²) in [5.41, 5.74) is 3.28. The predicted octanol–water partition coefficient (Wildman–Crippen LogP) is 4.11. The van der Waals surface area contributed by atoms with E-state index >= 15 is 0 Å². The topological polar surface area (TPSA) is 69.5 Å². The van der Waals surface area contributed by atoms with Gasteiger partial charge in [0.05, 0.1) is 11.8 Å². The number of amides is 1. The van der Waals surface area contributed by atoms with Gasteiger partial charge in [-0.1, -0.05) is 30.0 Å². The number of carbonyl (C=O) groups is 1. The molecule has 1 fully saturated rings. The van der Waals surface area contributed by atoms with Crippen molar-refractivity contribution < 1.29 is 14.3 Å². The average molecular weight is 451 g/mol. The van der Waals surface area contributed by atoms with Crippen LogP contribution in [-0.2, 0) is 4.79 Å². The Kier molecular flexibility index (Phi) is 5.78. The number of benzene rings is 2. The summed E-state index contributed by atoms with van der Waals surface area (Å²) in [6.45, 7) is 5.89. The predicted molar refractivity (Wildman–Crippen MR) is 123 cm³/mol. The lowest BCUT2D eigenvalue weighted by atomic mass is 10.0. The van der Waals surface area contributed by atoms with Crippen LogP contribution < -0.4 is 9.47 Å². The van der Waals surface area contributed by atoms with E-state index in [0.29, 0.717) is 19.0 Å². The molecule has 3 aromatic rings. The molecule has 1 atom stereocenters. The third-order valence-corrected chi connectivity index (χ3v) is 6.82. The standard InChI is InChI=1S/C24H26N4O3S/c1-16-5-3-6-19(13-16)28-17(2)25-26-24(28)32-15-23(29)27-10-4-7-20(27)18-8-9-21-22(14-18)31-12-11-30-21/h3,5-6,8-9,13-14,20H,4,7,10-12,15H2,1-2H3. The van der Waals surface area contributed by atoms with Crippen molar-refractivity contribution in [1.82, 2.24) is 19.7 Å². The molecule has 5 rings (SSSR count). The Bertz CT molecular complexity index is 1150. The van der Waals surface area contributed by atoms with Gasteiger partial charge in [-0.15, -0.1) is 10.2 Å². The molecule has 1 amide bonds. The quantitative estimate of drug-likeness (QED) is 0.545. The molecule has 7 nitrogen and oxygen atoms in total. The Balaban J connectivity index is 1.31. The molecule has 2 aliphatic heterocycles. The molecule has 1 aromatic heterocycles. The molecule has 166 valence electrons. The van der Waals surface area contributed by atoms with Gasteiger partial charge >= 0.3 is 0 Å². The van der Waals surface area contributed by atoms with Gasteiger partial charge in [0.1, 0.15) is 19.0 Å². The second kappa shape index (κ2) is 8.86. The second-order valence-corrected chi connectivity index (χ2v) is 9.08. The molecule has 0 bridgehead atoms. The molecule has 0 spiro atoms. The van der Waals surface area contributed by atoms with Gasteiger partial charge in [-0.25, -0.2) is 0 Å². The van der Waals surface area contributed by atoms with E-state index in [-0.39, 0.29) is 11.9 Å². The first-order valence-corrected chi connectivity index (χ1v) is 11.9. The lowest BCUT2D eigenvalue weighted by Crippen LogP contribution is -2.32. The smallest absolute Gasteiger partial charge is 0.233 e. The number of aromatic nitrogens is 3. The maximum Gasteiger partial charge on any atom is 0.233 e. The fraction of sp³-hybridized carbons (Fsp3) is 0.375. The Morgan fingerprint density at radius 3 is 2.78 bits per heavy atom. The Morgan fingerprint density at radius 1 is 1.09 bits per heavy atom. The first-order chi connectivity index (χ1) is 15.6. The molecular formula is C24H26N4O3S. The molecule has 2 aliphatic rings. The number of fused-ring (bicyclic) bond motifs is 1. The number of rotatable bonds is 5. The molecule has 0 saturated carbocycles. The normalized spacial score (nSPS) is 17.6. The molecule has 0 N–H and O–H groups in total. The zero-order valence-corrected chi connectivity index (χ0v) is 19.1. The molecule has 0 aliphatic carbocycles. The van der Waals surface area contributed by atoms with Crippen LogP contribution in [0.5, 0.6) is 11.5 Å². The average Bonchev–Trinajstić information content (AvgIpc) is 3.44. The highest BCUT2D eigenvalue weighted by atomic mass is 32.2. The first-order valence-electron chi connectivity index (χ1n) is 10.9. The van der Waals surface area contributed by atoms with Crippen LogP contribution in [0.2, 0.25) is 0 Å². The highest BCUT2D eigenvalue weighted by molar-refractivity contribution is 7.99. The van der Waals surface area contributed by atoms with E-state index in [1.807, 2.05) is 40.7 Å². The molecule has 1 unspecified atom stereocenters. The SMILES string of the molecule is Cc1cccc(-n2c(C)nnc2SCC(=O)N2CCCC2c2ccc3c(c2)OCCO3)c1. The lowest BCUT2D eigenvalue weighted by Gasteiger charge is -2.26.